The Labute approximate surface area is 194 Å². The number of ether oxygens (including phenoxy) is 1. The van der Waals surface area contributed by atoms with E-state index in [0.717, 1.165) is 36.0 Å². The van der Waals surface area contributed by atoms with E-state index < -0.39 is 11.6 Å². The van der Waals surface area contributed by atoms with Gasteiger partial charge in [-0.15, -0.1) is 0 Å². The van der Waals surface area contributed by atoms with E-state index in [1.807, 2.05) is 6.92 Å². The number of hydrogen-bond acceptors (Lipinski definition) is 1. The van der Waals surface area contributed by atoms with Gasteiger partial charge < -0.3 is 4.74 Å². The molecule has 1 aromatic rings. The third-order valence-electron chi connectivity index (χ3n) is 9.14. The molecule has 4 unspecified atom stereocenters. The summed E-state index contributed by atoms with van der Waals surface area (Å²) in [6, 6.07) is 3.29. The number of hydrogen-bond donors (Lipinski definition) is 0. The molecule has 0 saturated heterocycles. The standard InChI is InChI=1S/C29H44F2O/c1-3-5-20-7-12-26-18-25(14-13-24(26)17-20)22-10-8-21(9-11-22)19-32-27-16-15-23(6-4-2)28(30)29(27)31/h15-16,20-22,24-26H,3-14,17-19H2,1-2H3. The molecular weight excluding hydrogens is 402 g/mol. The number of aryl methyl sites for hydroxylation is 1. The number of rotatable bonds is 8. The summed E-state index contributed by atoms with van der Waals surface area (Å²) in [6.45, 7) is 4.83. The summed E-state index contributed by atoms with van der Waals surface area (Å²) in [5.41, 5.74) is 0.450. The van der Waals surface area contributed by atoms with Crippen LogP contribution in [0, 0.1) is 47.1 Å². The second-order valence-electron chi connectivity index (χ2n) is 11.3. The lowest BCUT2D eigenvalue weighted by atomic mass is 9.60. The molecule has 0 amide bonds. The Morgan fingerprint density at radius 3 is 2.06 bits per heavy atom. The molecule has 0 spiro atoms. The average Bonchev–Trinajstić information content (AvgIpc) is 2.82. The molecule has 3 heteroatoms. The van der Waals surface area contributed by atoms with Crippen molar-refractivity contribution in [3.63, 3.8) is 0 Å². The summed E-state index contributed by atoms with van der Waals surface area (Å²) in [6.07, 6.45) is 17.9. The lowest BCUT2D eigenvalue weighted by molar-refractivity contribution is 0.0544. The van der Waals surface area contributed by atoms with Gasteiger partial charge in [-0.1, -0.05) is 45.6 Å². The largest absolute Gasteiger partial charge is 0.490 e. The third-order valence-corrected chi connectivity index (χ3v) is 9.14. The molecule has 32 heavy (non-hydrogen) atoms. The van der Waals surface area contributed by atoms with E-state index in [1.54, 1.807) is 12.1 Å². The van der Waals surface area contributed by atoms with Crippen LogP contribution in [-0.2, 0) is 6.42 Å². The Morgan fingerprint density at radius 2 is 1.34 bits per heavy atom. The predicted octanol–water partition coefficient (Wildman–Crippen LogP) is 8.74. The number of benzene rings is 1. The maximum atomic E-state index is 14.3. The van der Waals surface area contributed by atoms with Gasteiger partial charge in [-0.25, -0.2) is 4.39 Å². The highest BCUT2D eigenvalue weighted by Gasteiger charge is 2.38. The molecule has 3 aliphatic rings. The minimum Gasteiger partial charge on any atom is -0.490 e. The number of fused-ring (bicyclic) bond motifs is 1. The van der Waals surface area contributed by atoms with Crippen LogP contribution in [0.25, 0.3) is 0 Å². The van der Waals surface area contributed by atoms with Crippen molar-refractivity contribution in [1.29, 1.82) is 0 Å². The summed E-state index contributed by atoms with van der Waals surface area (Å²) >= 11 is 0. The molecule has 1 aromatic carbocycles. The van der Waals surface area contributed by atoms with Crippen molar-refractivity contribution in [2.75, 3.05) is 6.61 Å². The van der Waals surface area contributed by atoms with E-state index in [2.05, 4.69) is 6.92 Å². The molecule has 1 nitrogen and oxygen atoms in total. The lowest BCUT2D eigenvalue weighted by Crippen LogP contribution is -2.35. The van der Waals surface area contributed by atoms with Crippen molar-refractivity contribution in [2.24, 2.45) is 35.5 Å². The first kappa shape index (κ1) is 24.0. The highest BCUT2D eigenvalue weighted by Crippen LogP contribution is 2.49. The van der Waals surface area contributed by atoms with E-state index in [4.69, 9.17) is 4.74 Å². The predicted molar refractivity (Wildman–Crippen MR) is 128 cm³/mol. The van der Waals surface area contributed by atoms with Crippen LogP contribution in [-0.4, -0.2) is 6.61 Å². The van der Waals surface area contributed by atoms with Crippen molar-refractivity contribution in [3.8, 4) is 5.75 Å². The molecule has 0 heterocycles. The van der Waals surface area contributed by atoms with Gasteiger partial charge in [-0.2, -0.15) is 4.39 Å². The quantitative estimate of drug-likeness (QED) is 0.388. The molecule has 0 aromatic heterocycles. The molecular formula is C29H44F2O. The number of halogens is 2. The first-order valence-electron chi connectivity index (χ1n) is 13.7. The maximum Gasteiger partial charge on any atom is 0.200 e. The SMILES string of the molecule is CCCc1ccc(OCC2CCC(C3CCC4CC(CCC)CCC4C3)CC2)c(F)c1F. The zero-order valence-corrected chi connectivity index (χ0v) is 20.4. The van der Waals surface area contributed by atoms with E-state index in [1.165, 1.54) is 77.0 Å². The molecule has 0 aliphatic heterocycles. The lowest BCUT2D eigenvalue weighted by Gasteiger charge is -2.45. The fraction of sp³-hybridized carbons (Fsp3) is 0.793. The zero-order valence-electron chi connectivity index (χ0n) is 20.4. The van der Waals surface area contributed by atoms with Gasteiger partial charge in [0.05, 0.1) is 6.61 Å². The fourth-order valence-electron chi connectivity index (χ4n) is 7.30. The molecule has 0 bridgehead atoms. The average molecular weight is 447 g/mol. The van der Waals surface area contributed by atoms with Crippen LogP contribution >= 0.6 is 0 Å². The summed E-state index contributed by atoms with van der Waals surface area (Å²) < 4.78 is 34.3. The minimum atomic E-state index is -0.810. The van der Waals surface area contributed by atoms with Gasteiger partial charge >= 0.3 is 0 Å². The third kappa shape index (κ3) is 5.68. The van der Waals surface area contributed by atoms with Crippen LogP contribution in [0.2, 0.25) is 0 Å². The Hall–Kier alpha value is -1.12. The van der Waals surface area contributed by atoms with Gasteiger partial charge in [-0.05, 0) is 111 Å². The van der Waals surface area contributed by atoms with Gasteiger partial charge in [0.15, 0.2) is 11.6 Å². The molecule has 3 aliphatic carbocycles. The molecule has 3 saturated carbocycles. The van der Waals surface area contributed by atoms with Gasteiger partial charge in [0.25, 0.3) is 0 Å². The first-order valence-corrected chi connectivity index (χ1v) is 13.7. The summed E-state index contributed by atoms with van der Waals surface area (Å²) in [5.74, 6) is 3.85. The Morgan fingerprint density at radius 1 is 0.719 bits per heavy atom. The fourth-order valence-corrected chi connectivity index (χ4v) is 7.30. The van der Waals surface area contributed by atoms with Gasteiger partial charge in [-0.3, -0.25) is 0 Å². The molecule has 0 N–H and O–H groups in total. The van der Waals surface area contributed by atoms with Crippen LogP contribution in [0.15, 0.2) is 12.1 Å². The summed E-state index contributed by atoms with van der Waals surface area (Å²) in [4.78, 5) is 0. The van der Waals surface area contributed by atoms with E-state index in [-0.39, 0.29) is 5.75 Å². The second kappa shape index (κ2) is 11.3. The highest BCUT2D eigenvalue weighted by atomic mass is 19.2. The van der Waals surface area contributed by atoms with Gasteiger partial charge in [0.2, 0.25) is 5.82 Å². The minimum absolute atomic E-state index is 0.0847. The summed E-state index contributed by atoms with van der Waals surface area (Å²) in [7, 11) is 0. The van der Waals surface area contributed by atoms with E-state index in [9.17, 15) is 8.78 Å². The van der Waals surface area contributed by atoms with Gasteiger partial charge in [0, 0.05) is 0 Å². The topological polar surface area (TPSA) is 9.23 Å². The van der Waals surface area contributed by atoms with Crippen LogP contribution in [0.5, 0.6) is 5.75 Å². The normalized spacial score (nSPS) is 33.0. The zero-order chi connectivity index (χ0) is 22.5. The van der Waals surface area contributed by atoms with Crippen molar-refractivity contribution < 1.29 is 13.5 Å². The Bertz CT molecular complexity index is 724. The second-order valence-corrected chi connectivity index (χ2v) is 11.3. The van der Waals surface area contributed by atoms with Crippen LogP contribution in [0.1, 0.15) is 103 Å². The van der Waals surface area contributed by atoms with Crippen LogP contribution in [0.3, 0.4) is 0 Å². The molecule has 4 rings (SSSR count). The van der Waals surface area contributed by atoms with Crippen LogP contribution < -0.4 is 4.74 Å². The maximum absolute atomic E-state index is 14.3. The monoisotopic (exact) mass is 446 g/mol. The van der Waals surface area contributed by atoms with Crippen LogP contribution in [0.4, 0.5) is 8.78 Å². The molecule has 4 atom stereocenters. The molecule has 3 fully saturated rings. The molecule has 0 radical (unpaired) electrons. The van der Waals surface area contributed by atoms with Crippen molar-refractivity contribution in [3.05, 3.63) is 29.3 Å². The summed E-state index contributed by atoms with van der Waals surface area (Å²) in [5, 5.41) is 0. The smallest absolute Gasteiger partial charge is 0.200 e. The van der Waals surface area contributed by atoms with Crippen molar-refractivity contribution in [2.45, 2.75) is 104 Å². The first-order chi connectivity index (χ1) is 15.6. The van der Waals surface area contributed by atoms with Crippen molar-refractivity contribution >= 4 is 0 Å². The van der Waals surface area contributed by atoms with E-state index >= 15 is 0 Å². The van der Waals surface area contributed by atoms with E-state index in [0.29, 0.717) is 24.5 Å². The van der Waals surface area contributed by atoms with Gasteiger partial charge in [0.1, 0.15) is 0 Å². The highest BCUT2D eigenvalue weighted by molar-refractivity contribution is 5.31. The molecule has 180 valence electrons. The Kier molecular flexibility index (Phi) is 8.51. The van der Waals surface area contributed by atoms with Crippen molar-refractivity contribution in [1.82, 2.24) is 0 Å². The Balaban J connectivity index is 1.21.